The molecule has 3 nitrogen and oxygen atoms in total. The van der Waals surface area contributed by atoms with Crippen LogP contribution >= 0.6 is 11.3 Å². The van der Waals surface area contributed by atoms with Gasteiger partial charge in [-0.1, -0.05) is 0 Å². The van der Waals surface area contributed by atoms with Crippen molar-refractivity contribution in [3.8, 4) is 16.3 Å². The standard InChI is InChI=1S/C13H9F4NO2S/c1-6-18-12(20-7(2)19)11(21-6)8-3-9(13(15,16)17)5-10(14)4-8/h3-5H,1-2H3. The SMILES string of the molecule is CC(=O)Oc1nc(C)sc1-c1cc(F)cc(C(F)(F)F)c1. The highest BCUT2D eigenvalue weighted by Gasteiger charge is 2.32. The molecule has 0 radical (unpaired) electrons. The van der Waals surface area contributed by atoms with Gasteiger partial charge in [-0.05, 0) is 25.1 Å². The first-order chi connectivity index (χ1) is 9.66. The first-order valence-electron chi connectivity index (χ1n) is 5.71. The minimum atomic E-state index is -4.67. The van der Waals surface area contributed by atoms with E-state index in [-0.39, 0.29) is 16.3 Å². The maximum Gasteiger partial charge on any atom is 0.416 e. The summed E-state index contributed by atoms with van der Waals surface area (Å²) < 4.78 is 56.4. The highest BCUT2D eigenvalue weighted by Crippen LogP contribution is 2.39. The summed E-state index contributed by atoms with van der Waals surface area (Å²) in [6, 6.07) is 2.14. The number of aromatic nitrogens is 1. The summed E-state index contributed by atoms with van der Waals surface area (Å²) in [5.41, 5.74) is -1.15. The highest BCUT2D eigenvalue weighted by atomic mass is 32.1. The Kier molecular flexibility index (Phi) is 3.99. The molecule has 0 aliphatic carbocycles. The number of carbonyl (C=O) groups is 1. The van der Waals surface area contributed by atoms with E-state index < -0.39 is 23.5 Å². The third-order valence-electron chi connectivity index (χ3n) is 2.43. The van der Waals surface area contributed by atoms with Crippen LogP contribution in [-0.2, 0) is 11.0 Å². The molecule has 0 saturated carbocycles. The molecule has 0 atom stereocenters. The number of hydrogen-bond acceptors (Lipinski definition) is 4. The van der Waals surface area contributed by atoms with Crippen molar-refractivity contribution in [2.45, 2.75) is 20.0 Å². The predicted molar refractivity (Wildman–Crippen MR) is 68.6 cm³/mol. The number of ether oxygens (including phenoxy) is 1. The van der Waals surface area contributed by atoms with E-state index in [1.165, 1.54) is 0 Å². The summed E-state index contributed by atoms with van der Waals surface area (Å²) in [5, 5.41) is 0.485. The number of benzene rings is 1. The Hall–Kier alpha value is -1.96. The summed E-state index contributed by atoms with van der Waals surface area (Å²) in [4.78, 5) is 15.1. The number of nitrogens with zero attached hydrogens (tertiary/aromatic N) is 1. The molecule has 0 N–H and O–H groups in total. The minimum absolute atomic E-state index is 0.0378. The molecule has 112 valence electrons. The maximum absolute atomic E-state index is 13.4. The lowest BCUT2D eigenvalue weighted by atomic mass is 10.1. The van der Waals surface area contributed by atoms with Gasteiger partial charge in [0.1, 0.15) is 5.82 Å². The summed E-state index contributed by atoms with van der Waals surface area (Å²) in [7, 11) is 0. The lowest BCUT2D eigenvalue weighted by Gasteiger charge is -2.09. The molecule has 21 heavy (non-hydrogen) atoms. The number of aryl methyl sites for hydroxylation is 1. The number of hydrogen-bond donors (Lipinski definition) is 0. The number of alkyl halides is 3. The van der Waals surface area contributed by atoms with Gasteiger partial charge in [-0.15, -0.1) is 11.3 Å². The second kappa shape index (κ2) is 5.44. The summed E-state index contributed by atoms with van der Waals surface area (Å²) in [6.07, 6.45) is -4.67. The van der Waals surface area contributed by atoms with Gasteiger partial charge < -0.3 is 4.74 Å². The molecule has 0 saturated heterocycles. The Balaban J connectivity index is 2.56. The molecule has 1 aromatic heterocycles. The average molecular weight is 319 g/mol. The number of thiazole rings is 1. The van der Waals surface area contributed by atoms with Crippen LogP contribution in [0.3, 0.4) is 0 Å². The Labute approximate surface area is 121 Å². The van der Waals surface area contributed by atoms with Crippen LogP contribution in [0, 0.1) is 12.7 Å². The molecule has 0 bridgehead atoms. The van der Waals surface area contributed by atoms with Crippen molar-refractivity contribution in [3.05, 3.63) is 34.6 Å². The largest absolute Gasteiger partial charge is 0.416 e. The van der Waals surface area contributed by atoms with E-state index in [0.29, 0.717) is 11.1 Å². The van der Waals surface area contributed by atoms with Crippen LogP contribution < -0.4 is 4.74 Å². The van der Waals surface area contributed by atoms with Gasteiger partial charge in [-0.25, -0.2) is 9.37 Å². The van der Waals surface area contributed by atoms with Gasteiger partial charge in [0.05, 0.1) is 15.4 Å². The van der Waals surface area contributed by atoms with Crippen molar-refractivity contribution in [1.82, 2.24) is 4.98 Å². The van der Waals surface area contributed by atoms with Crippen LogP contribution in [0.25, 0.3) is 10.4 Å². The second-order valence-corrected chi connectivity index (χ2v) is 5.39. The third kappa shape index (κ3) is 3.57. The Morgan fingerprint density at radius 1 is 1.29 bits per heavy atom. The van der Waals surface area contributed by atoms with Crippen LogP contribution in [0.15, 0.2) is 18.2 Å². The average Bonchev–Trinajstić information content (AvgIpc) is 2.67. The zero-order valence-electron chi connectivity index (χ0n) is 10.9. The number of halogens is 4. The Morgan fingerprint density at radius 2 is 1.95 bits per heavy atom. The molecule has 0 spiro atoms. The zero-order chi connectivity index (χ0) is 15.8. The Morgan fingerprint density at radius 3 is 2.52 bits per heavy atom. The van der Waals surface area contributed by atoms with Gasteiger partial charge in [-0.3, -0.25) is 4.79 Å². The zero-order valence-corrected chi connectivity index (χ0v) is 11.7. The van der Waals surface area contributed by atoms with E-state index >= 15 is 0 Å². The van der Waals surface area contributed by atoms with Crippen LogP contribution in [-0.4, -0.2) is 11.0 Å². The fourth-order valence-corrected chi connectivity index (χ4v) is 2.51. The molecule has 0 amide bonds. The van der Waals surface area contributed by atoms with E-state index in [9.17, 15) is 22.4 Å². The van der Waals surface area contributed by atoms with Gasteiger partial charge in [0.2, 0.25) is 5.88 Å². The second-order valence-electron chi connectivity index (χ2n) is 4.19. The van der Waals surface area contributed by atoms with Gasteiger partial charge in [0.25, 0.3) is 0 Å². The summed E-state index contributed by atoms with van der Waals surface area (Å²) >= 11 is 1.02. The summed E-state index contributed by atoms with van der Waals surface area (Å²) in [6.45, 7) is 2.75. The molecule has 2 aromatic rings. The van der Waals surface area contributed by atoms with Gasteiger partial charge in [-0.2, -0.15) is 13.2 Å². The van der Waals surface area contributed by atoms with Gasteiger partial charge in [0.15, 0.2) is 0 Å². The molecule has 0 aliphatic rings. The molecular weight excluding hydrogens is 310 g/mol. The van der Waals surface area contributed by atoms with E-state index in [4.69, 9.17) is 4.74 Å². The van der Waals surface area contributed by atoms with Crippen molar-refractivity contribution < 1.29 is 27.1 Å². The molecule has 1 aromatic carbocycles. The third-order valence-corrected chi connectivity index (χ3v) is 3.43. The van der Waals surface area contributed by atoms with E-state index in [1.54, 1.807) is 6.92 Å². The lowest BCUT2D eigenvalue weighted by Crippen LogP contribution is -2.06. The van der Waals surface area contributed by atoms with Crippen LogP contribution in [0.4, 0.5) is 17.6 Å². The van der Waals surface area contributed by atoms with Crippen LogP contribution in [0.2, 0.25) is 0 Å². The maximum atomic E-state index is 13.4. The van der Waals surface area contributed by atoms with E-state index in [1.807, 2.05) is 0 Å². The fraction of sp³-hybridized carbons (Fsp3) is 0.231. The smallest absolute Gasteiger partial charge is 0.406 e. The van der Waals surface area contributed by atoms with Crippen molar-refractivity contribution >= 4 is 17.3 Å². The molecule has 2 rings (SSSR count). The highest BCUT2D eigenvalue weighted by molar-refractivity contribution is 7.15. The number of esters is 1. The van der Waals surface area contributed by atoms with Gasteiger partial charge >= 0.3 is 12.1 Å². The molecule has 0 fully saturated rings. The summed E-state index contributed by atoms with van der Waals surface area (Å²) in [5.74, 6) is -1.81. The van der Waals surface area contributed by atoms with Gasteiger partial charge in [0, 0.05) is 12.5 Å². The fourth-order valence-electron chi connectivity index (χ4n) is 1.68. The normalized spacial score (nSPS) is 11.5. The molecule has 0 unspecified atom stereocenters. The Bertz CT molecular complexity index is 694. The van der Waals surface area contributed by atoms with Crippen LogP contribution in [0.5, 0.6) is 5.88 Å². The molecule has 8 heteroatoms. The minimum Gasteiger partial charge on any atom is -0.406 e. The lowest BCUT2D eigenvalue weighted by molar-refractivity contribution is -0.137. The number of carbonyl (C=O) groups excluding carboxylic acids is 1. The van der Waals surface area contributed by atoms with Crippen molar-refractivity contribution in [1.29, 1.82) is 0 Å². The first kappa shape index (κ1) is 15.4. The quantitative estimate of drug-likeness (QED) is 0.615. The van der Waals surface area contributed by atoms with Crippen LogP contribution in [0.1, 0.15) is 17.5 Å². The van der Waals surface area contributed by atoms with Crippen molar-refractivity contribution in [2.24, 2.45) is 0 Å². The first-order valence-corrected chi connectivity index (χ1v) is 6.52. The number of rotatable bonds is 2. The molecular formula is C13H9F4NO2S. The molecule has 1 heterocycles. The van der Waals surface area contributed by atoms with E-state index in [2.05, 4.69) is 4.98 Å². The van der Waals surface area contributed by atoms with Crippen molar-refractivity contribution in [3.63, 3.8) is 0 Å². The predicted octanol–water partition coefficient (Wildman–Crippen LogP) is 4.20. The van der Waals surface area contributed by atoms with E-state index in [0.717, 1.165) is 30.4 Å². The van der Waals surface area contributed by atoms with Crippen molar-refractivity contribution in [2.75, 3.05) is 0 Å². The monoisotopic (exact) mass is 319 g/mol. The molecule has 0 aliphatic heterocycles. The topological polar surface area (TPSA) is 39.2 Å².